The van der Waals surface area contributed by atoms with Crippen molar-refractivity contribution >= 4 is 39.0 Å². The molecule has 29 heavy (non-hydrogen) atoms. The molecular weight excluding hydrogens is 388 g/mol. The number of thiazole rings is 1. The predicted octanol–water partition coefficient (Wildman–Crippen LogP) is 4.99. The Morgan fingerprint density at radius 2 is 1.90 bits per heavy atom. The zero-order valence-electron chi connectivity index (χ0n) is 15.6. The van der Waals surface area contributed by atoms with Gasteiger partial charge in [0.25, 0.3) is 0 Å². The molecule has 8 heteroatoms. The second kappa shape index (κ2) is 8.68. The number of carbonyl (C=O) groups is 1. The van der Waals surface area contributed by atoms with Gasteiger partial charge in [-0.25, -0.2) is 9.78 Å². The minimum Gasteiger partial charge on any atom is -0.468 e. The quantitative estimate of drug-likeness (QED) is 0.441. The van der Waals surface area contributed by atoms with Crippen LogP contribution in [-0.4, -0.2) is 29.9 Å². The maximum atomic E-state index is 12.3. The van der Waals surface area contributed by atoms with Gasteiger partial charge >= 0.3 is 6.03 Å². The Labute approximate surface area is 171 Å². The van der Waals surface area contributed by atoms with Gasteiger partial charge in [-0.3, -0.25) is 4.98 Å². The molecule has 0 bridgehead atoms. The van der Waals surface area contributed by atoms with E-state index in [1.54, 1.807) is 55.1 Å². The van der Waals surface area contributed by atoms with Gasteiger partial charge in [-0.05, 0) is 42.5 Å². The molecule has 0 saturated carbocycles. The van der Waals surface area contributed by atoms with E-state index < -0.39 is 0 Å². The Bertz CT molecular complexity index is 1100. The molecule has 7 nitrogen and oxygen atoms in total. The first-order valence-electron chi connectivity index (χ1n) is 8.82. The molecule has 0 radical (unpaired) electrons. The summed E-state index contributed by atoms with van der Waals surface area (Å²) in [5.41, 5.74) is 3.18. The standard InChI is InChI=1S/C21H18N4O3S/c1-27-13-28-17-7-5-15(6-8-17)23-21(26)24-16-4-2-3-14(11-16)20-25-18-9-10-22-12-19(18)29-20/h2-12H,13H2,1H3,(H2,23,24,26). The molecule has 2 amide bonds. The van der Waals surface area contributed by atoms with Crippen LogP contribution in [-0.2, 0) is 4.74 Å². The zero-order valence-corrected chi connectivity index (χ0v) is 16.4. The number of aromatic nitrogens is 2. The summed E-state index contributed by atoms with van der Waals surface area (Å²) in [5.74, 6) is 0.663. The Hall–Kier alpha value is -3.49. The number of fused-ring (bicyclic) bond motifs is 1. The molecule has 4 aromatic rings. The molecule has 2 aromatic heterocycles. The number of hydrogen-bond donors (Lipinski definition) is 2. The fourth-order valence-electron chi connectivity index (χ4n) is 2.69. The van der Waals surface area contributed by atoms with E-state index in [2.05, 4.69) is 20.6 Å². The van der Waals surface area contributed by atoms with E-state index in [0.29, 0.717) is 17.1 Å². The van der Waals surface area contributed by atoms with Crippen molar-refractivity contribution in [3.8, 4) is 16.3 Å². The van der Waals surface area contributed by atoms with E-state index in [1.807, 2.05) is 30.3 Å². The average molecular weight is 406 g/mol. The van der Waals surface area contributed by atoms with Crippen LogP contribution in [0.2, 0.25) is 0 Å². The van der Waals surface area contributed by atoms with E-state index in [9.17, 15) is 4.79 Å². The van der Waals surface area contributed by atoms with Crippen molar-refractivity contribution in [2.45, 2.75) is 0 Å². The van der Waals surface area contributed by atoms with Crippen LogP contribution in [0.25, 0.3) is 20.8 Å². The molecule has 0 saturated heterocycles. The third-order valence-corrected chi connectivity index (χ3v) is 5.07. The maximum Gasteiger partial charge on any atom is 0.323 e. The highest BCUT2D eigenvalue weighted by molar-refractivity contribution is 7.21. The van der Waals surface area contributed by atoms with Crippen molar-refractivity contribution < 1.29 is 14.3 Å². The van der Waals surface area contributed by atoms with Gasteiger partial charge in [0.2, 0.25) is 0 Å². The van der Waals surface area contributed by atoms with Crippen LogP contribution in [0.5, 0.6) is 5.75 Å². The number of urea groups is 1. The van der Waals surface area contributed by atoms with Crippen molar-refractivity contribution in [1.29, 1.82) is 0 Å². The molecule has 0 fully saturated rings. The van der Waals surface area contributed by atoms with Crippen molar-refractivity contribution in [2.75, 3.05) is 24.5 Å². The lowest BCUT2D eigenvalue weighted by Crippen LogP contribution is -2.19. The Morgan fingerprint density at radius 1 is 1.07 bits per heavy atom. The van der Waals surface area contributed by atoms with Gasteiger partial charge in [0, 0.05) is 36.4 Å². The molecule has 0 unspecified atom stereocenters. The van der Waals surface area contributed by atoms with Crippen LogP contribution in [0.4, 0.5) is 16.2 Å². The van der Waals surface area contributed by atoms with Crippen LogP contribution < -0.4 is 15.4 Å². The monoisotopic (exact) mass is 406 g/mol. The molecule has 0 atom stereocenters. The Balaban J connectivity index is 1.42. The number of anilines is 2. The third kappa shape index (κ3) is 4.68. The van der Waals surface area contributed by atoms with Crippen molar-refractivity contribution in [1.82, 2.24) is 9.97 Å². The summed E-state index contributed by atoms with van der Waals surface area (Å²) in [6, 6.07) is 16.2. The minimum absolute atomic E-state index is 0.175. The number of carbonyl (C=O) groups excluding carboxylic acids is 1. The summed E-state index contributed by atoms with van der Waals surface area (Å²) in [6.07, 6.45) is 3.53. The molecular formula is C21H18N4O3S. The topological polar surface area (TPSA) is 85.4 Å². The highest BCUT2D eigenvalue weighted by atomic mass is 32.1. The predicted molar refractivity (Wildman–Crippen MR) is 114 cm³/mol. The van der Waals surface area contributed by atoms with E-state index in [1.165, 1.54) is 0 Å². The number of ether oxygens (including phenoxy) is 2. The summed E-state index contributed by atoms with van der Waals surface area (Å²) in [7, 11) is 1.56. The average Bonchev–Trinajstić information content (AvgIpc) is 3.18. The molecule has 2 heterocycles. The number of nitrogens with zero attached hydrogens (tertiary/aromatic N) is 2. The fourth-order valence-corrected chi connectivity index (χ4v) is 3.62. The van der Waals surface area contributed by atoms with Gasteiger partial charge < -0.3 is 20.1 Å². The third-order valence-electron chi connectivity index (χ3n) is 4.01. The van der Waals surface area contributed by atoms with Crippen molar-refractivity contribution in [2.24, 2.45) is 0 Å². The number of rotatable bonds is 6. The molecule has 0 aliphatic rings. The smallest absolute Gasteiger partial charge is 0.323 e. The first-order valence-corrected chi connectivity index (χ1v) is 9.64. The molecule has 2 aromatic carbocycles. The normalized spacial score (nSPS) is 10.7. The molecule has 0 aliphatic carbocycles. The van der Waals surface area contributed by atoms with Crippen LogP contribution in [0.15, 0.2) is 67.0 Å². The number of benzene rings is 2. The van der Waals surface area contributed by atoms with Crippen LogP contribution in [0.1, 0.15) is 0 Å². The zero-order chi connectivity index (χ0) is 20.1. The van der Waals surface area contributed by atoms with E-state index in [4.69, 9.17) is 9.47 Å². The SMILES string of the molecule is COCOc1ccc(NC(=O)Nc2cccc(-c3nc4ccncc4s3)c2)cc1. The van der Waals surface area contributed by atoms with Crippen LogP contribution >= 0.6 is 11.3 Å². The maximum absolute atomic E-state index is 12.3. The van der Waals surface area contributed by atoms with Gasteiger partial charge in [-0.1, -0.05) is 12.1 Å². The van der Waals surface area contributed by atoms with Gasteiger partial charge in [0.1, 0.15) is 10.8 Å². The number of amides is 2. The molecule has 2 N–H and O–H groups in total. The van der Waals surface area contributed by atoms with Crippen molar-refractivity contribution in [3.05, 3.63) is 67.0 Å². The molecule has 146 valence electrons. The summed E-state index contributed by atoms with van der Waals surface area (Å²) in [4.78, 5) is 21.1. The minimum atomic E-state index is -0.332. The Kier molecular flexibility index (Phi) is 5.64. The number of methoxy groups -OCH3 is 1. The van der Waals surface area contributed by atoms with E-state index in [-0.39, 0.29) is 12.8 Å². The molecule has 0 aliphatic heterocycles. The number of nitrogens with one attached hydrogen (secondary N) is 2. The fraction of sp³-hybridized carbons (Fsp3) is 0.0952. The summed E-state index contributed by atoms with van der Waals surface area (Å²) < 4.78 is 11.2. The Morgan fingerprint density at radius 3 is 2.69 bits per heavy atom. The number of pyridine rings is 1. The van der Waals surface area contributed by atoms with Crippen LogP contribution in [0, 0.1) is 0 Å². The highest BCUT2D eigenvalue weighted by Gasteiger charge is 2.08. The van der Waals surface area contributed by atoms with Gasteiger partial charge in [-0.15, -0.1) is 11.3 Å². The lowest BCUT2D eigenvalue weighted by Gasteiger charge is -2.09. The highest BCUT2D eigenvalue weighted by Crippen LogP contribution is 2.30. The molecule has 0 spiro atoms. The lowest BCUT2D eigenvalue weighted by molar-refractivity contribution is 0.0511. The molecule has 4 rings (SSSR count). The van der Waals surface area contributed by atoms with E-state index >= 15 is 0 Å². The second-order valence-corrected chi connectivity index (χ2v) is 7.13. The summed E-state index contributed by atoms with van der Waals surface area (Å²) in [5, 5.41) is 6.52. The first-order chi connectivity index (χ1) is 14.2. The summed E-state index contributed by atoms with van der Waals surface area (Å²) >= 11 is 1.56. The number of hydrogen-bond acceptors (Lipinski definition) is 6. The van der Waals surface area contributed by atoms with Gasteiger partial charge in [-0.2, -0.15) is 0 Å². The lowest BCUT2D eigenvalue weighted by atomic mass is 10.2. The first kappa shape index (κ1) is 18.9. The largest absolute Gasteiger partial charge is 0.468 e. The second-order valence-electron chi connectivity index (χ2n) is 6.10. The van der Waals surface area contributed by atoms with Gasteiger partial charge in [0.15, 0.2) is 6.79 Å². The van der Waals surface area contributed by atoms with Gasteiger partial charge in [0.05, 0.1) is 10.2 Å². The summed E-state index contributed by atoms with van der Waals surface area (Å²) in [6.45, 7) is 0.175. The van der Waals surface area contributed by atoms with E-state index in [0.717, 1.165) is 20.8 Å². The van der Waals surface area contributed by atoms with Crippen LogP contribution in [0.3, 0.4) is 0 Å². The van der Waals surface area contributed by atoms with Crippen molar-refractivity contribution in [3.63, 3.8) is 0 Å².